The number of fused-ring (bicyclic) bond motifs is 2. The lowest BCUT2D eigenvalue weighted by atomic mass is 9.85. The fourth-order valence-electron chi connectivity index (χ4n) is 4.85. The predicted molar refractivity (Wildman–Crippen MR) is 138 cm³/mol. The van der Waals surface area contributed by atoms with Crippen molar-refractivity contribution in [3.8, 4) is 33.4 Å². The van der Waals surface area contributed by atoms with E-state index in [0.717, 1.165) is 16.8 Å². The number of nitrogens with zero attached hydrogens (tertiary/aromatic N) is 2. The summed E-state index contributed by atoms with van der Waals surface area (Å²) in [5, 5.41) is 5.01. The average molecular weight is 423 g/mol. The second-order valence-electron chi connectivity index (χ2n) is 8.31. The minimum Gasteiger partial charge on any atom is -0.244 e. The van der Waals surface area contributed by atoms with Gasteiger partial charge in [0.05, 0.1) is 0 Å². The van der Waals surface area contributed by atoms with Gasteiger partial charge in [-0.3, -0.25) is 0 Å². The Hall–Kier alpha value is -4.30. The van der Waals surface area contributed by atoms with Gasteiger partial charge in [0, 0.05) is 17.5 Å². The lowest BCUT2D eigenvalue weighted by molar-refractivity contribution is 1.11. The molecule has 0 saturated heterocycles. The third kappa shape index (κ3) is 3.28. The van der Waals surface area contributed by atoms with Crippen molar-refractivity contribution in [3.63, 3.8) is 0 Å². The van der Waals surface area contributed by atoms with Crippen molar-refractivity contribution in [1.82, 2.24) is 9.97 Å². The maximum Gasteiger partial charge on any atom is 0.115 e. The van der Waals surface area contributed by atoms with Gasteiger partial charge in [0.1, 0.15) is 6.33 Å². The van der Waals surface area contributed by atoms with E-state index in [0.29, 0.717) is 0 Å². The van der Waals surface area contributed by atoms with E-state index in [9.17, 15) is 0 Å². The molecule has 0 N–H and O–H groups in total. The van der Waals surface area contributed by atoms with Crippen molar-refractivity contribution >= 4 is 21.5 Å². The summed E-state index contributed by atoms with van der Waals surface area (Å²) in [6.45, 7) is 2.04. The smallest absolute Gasteiger partial charge is 0.115 e. The highest BCUT2D eigenvalue weighted by Gasteiger charge is 2.17. The predicted octanol–water partition coefficient (Wildman–Crippen LogP) is 8.09. The van der Waals surface area contributed by atoms with E-state index in [4.69, 9.17) is 0 Å². The molecule has 0 aliphatic heterocycles. The van der Waals surface area contributed by atoms with Gasteiger partial charge in [0.2, 0.25) is 0 Å². The van der Waals surface area contributed by atoms with Gasteiger partial charge in [0.15, 0.2) is 0 Å². The zero-order valence-corrected chi connectivity index (χ0v) is 18.4. The van der Waals surface area contributed by atoms with Crippen molar-refractivity contribution in [2.45, 2.75) is 6.92 Å². The summed E-state index contributed by atoms with van der Waals surface area (Å²) in [7, 11) is 0. The monoisotopic (exact) mass is 422 g/mol. The largest absolute Gasteiger partial charge is 0.244 e. The number of hydrogen-bond acceptors (Lipinski definition) is 2. The Kier molecular flexibility index (Phi) is 4.70. The van der Waals surface area contributed by atoms with E-state index >= 15 is 0 Å². The molecule has 0 aliphatic carbocycles. The van der Waals surface area contributed by atoms with Crippen molar-refractivity contribution in [3.05, 3.63) is 121 Å². The Balaban J connectivity index is 1.80. The second-order valence-corrected chi connectivity index (χ2v) is 8.31. The zero-order chi connectivity index (χ0) is 22.2. The van der Waals surface area contributed by atoms with Crippen LogP contribution in [0.2, 0.25) is 0 Å². The molecule has 156 valence electrons. The van der Waals surface area contributed by atoms with Gasteiger partial charge in [-0.15, -0.1) is 0 Å². The van der Waals surface area contributed by atoms with Gasteiger partial charge in [-0.2, -0.15) is 0 Å². The molecule has 0 fully saturated rings. The molecule has 33 heavy (non-hydrogen) atoms. The third-order valence-electron chi connectivity index (χ3n) is 6.37. The van der Waals surface area contributed by atoms with Gasteiger partial charge in [-0.1, -0.05) is 97.1 Å². The van der Waals surface area contributed by atoms with Crippen molar-refractivity contribution < 1.29 is 0 Å². The SMILES string of the molecule is Cc1ncncc1-c1ccc2c(-c3ccccc3)c3ccccc3c(-c3ccccc3)c2c1. The highest BCUT2D eigenvalue weighted by Crippen LogP contribution is 2.44. The minimum absolute atomic E-state index is 0.981. The maximum atomic E-state index is 4.42. The van der Waals surface area contributed by atoms with Crippen LogP contribution in [0.4, 0.5) is 0 Å². The molecule has 0 unspecified atom stereocenters. The van der Waals surface area contributed by atoms with Crippen molar-refractivity contribution in [2.24, 2.45) is 0 Å². The van der Waals surface area contributed by atoms with E-state index in [-0.39, 0.29) is 0 Å². The molecule has 0 atom stereocenters. The first-order valence-corrected chi connectivity index (χ1v) is 11.2. The highest BCUT2D eigenvalue weighted by atomic mass is 14.8. The molecule has 6 aromatic rings. The fourth-order valence-corrected chi connectivity index (χ4v) is 4.85. The van der Waals surface area contributed by atoms with Crippen LogP contribution < -0.4 is 0 Å². The molecular formula is C31H22N2. The van der Waals surface area contributed by atoms with Gasteiger partial charge in [-0.05, 0) is 62.4 Å². The van der Waals surface area contributed by atoms with Gasteiger partial charge in [0.25, 0.3) is 0 Å². The number of aryl methyl sites for hydroxylation is 1. The van der Waals surface area contributed by atoms with E-state index < -0.39 is 0 Å². The summed E-state index contributed by atoms with van der Waals surface area (Å²) in [6.07, 6.45) is 3.52. The molecule has 0 aliphatic rings. The lowest BCUT2D eigenvalue weighted by Crippen LogP contribution is -1.93. The molecule has 0 amide bonds. The van der Waals surface area contributed by atoms with E-state index in [1.54, 1.807) is 6.33 Å². The van der Waals surface area contributed by atoms with Gasteiger partial charge >= 0.3 is 0 Å². The molecule has 2 heteroatoms. The number of hydrogen-bond donors (Lipinski definition) is 0. The molecule has 0 saturated carbocycles. The zero-order valence-electron chi connectivity index (χ0n) is 18.4. The number of aromatic nitrogens is 2. The Labute approximate surface area is 193 Å². The van der Waals surface area contributed by atoms with Crippen LogP contribution in [0.5, 0.6) is 0 Å². The molecule has 0 spiro atoms. The van der Waals surface area contributed by atoms with Crippen LogP contribution in [0.3, 0.4) is 0 Å². The molecule has 6 rings (SSSR count). The first kappa shape index (κ1) is 19.4. The molecule has 0 bridgehead atoms. The molecular weight excluding hydrogens is 400 g/mol. The van der Waals surface area contributed by atoms with E-state index in [1.165, 1.54) is 43.8 Å². The Bertz CT molecular complexity index is 1600. The van der Waals surface area contributed by atoms with Crippen molar-refractivity contribution in [2.75, 3.05) is 0 Å². The first-order chi connectivity index (χ1) is 16.3. The van der Waals surface area contributed by atoms with Crippen LogP contribution in [-0.4, -0.2) is 9.97 Å². The molecule has 2 nitrogen and oxygen atoms in total. The Morgan fingerprint density at radius 2 is 1.06 bits per heavy atom. The van der Waals surface area contributed by atoms with Crippen molar-refractivity contribution in [1.29, 1.82) is 0 Å². The molecule has 5 aromatic carbocycles. The summed E-state index contributed by atoms with van der Waals surface area (Å²) in [5.74, 6) is 0. The lowest BCUT2D eigenvalue weighted by Gasteiger charge is -2.18. The summed E-state index contributed by atoms with van der Waals surface area (Å²) in [4.78, 5) is 8.71. The molecule has 1 aromatic heterocycles. The molecule has 1 heterocycles. The standard InChI is InChI=1S/C31H22N2/c1-21-29(19-32-20-33-21)24-16-17-27-28(18-24)31(23-12-6-3-7-13-23)26-15-9-8-14-25(26)30(27)22-10-4-2-5-11-22/h2-20H,1H3. The van der Waals surface area contributed by atoms with Crippen LogP contribution in [0.25, 0.3) is 54.9 Å². The van der Waals surface area contributed by atoms with Gasteiger partial charge < -0.3 is 0 Å². The maximum absolute atomic E-state index is 4.42. The second kappa shape index (κ2) is 7.99. The fraction of sp³-hybridized carbons (Fsp3) is 0.0323. The first-order valence-electron chi connectivity index (χ1n) is 11.2. The number of rotatable bonds is 3. The minimum atomic E-state index is 0.981. The average Bonchev–Trinajstić information content (AvgIpc) is 2.88. The van der Waals surface area contributed by atoms with Crippen LogP contribution in [-0.2, 0) is 0 Å². The third-order valence-corrected chi connectivity index (χ3v) is 6.37. The van der Waals surface area contributed by atoms with Crippen LogP contribution >= 0.6 is 0 Å². The molecule has 0 radical (unpaired) electrons. The summed E-state index contributed by atoms with van der Waals surface area (Å²) >= 11 is 0. The Morgan fingerprint density at radius 1 is 0.515 bits per heavy atom. The van der Waals surface area contributed by atoms with Crippen LogP contribution in [0.15, 0.2) is 116 Å². The normalized spacial score (nSPS) is 11.2. The Morgan fingerprint density at radius 3 is 1.67 bits per heavy atom. The summed E-state index contributed by atoms with van der Waals surface area (Å²) in [5.41, 5.74) is 8.15. The highest BCUT2D eigenvalue weighted by molar-refractivity contribution is 6.21. The number of benzene rings is 5. The van der Waals surface area contributed by atoms with Crippen LogP contribution in [0, 0.1) is 6.92 Å². The topological polar surface area (TPSA) is 25.8 Å². The summed E-state index contributed by atoms with van der Waals surface area (Å²) in [6, 6.07) is 36.9. The van der Waals surface area contributed by atoms with Crippen LogP contribution in [0.1, 0.15) is 5.69 Å². The summed E-state index contributed by atoms with van der Waals surface area (Å²) < 4.78 is 0. The van der Waals surface area contributed by atoms with E-state index in [1.807, 2.05) is 13.1 Å². The van der Waals surface area contributed by atoms with E-state index in [2.05, 4.69) is 113 Å². The quantitative estimate of drug-likeness (QED) is 0.269. The van der Waals surface area contributed by atoms with Gasteiger partial charge in [-0.25, -0.2) is 9.97 Å².